The summed E-state index contributed by atoms with van der Waals surface area (Å²) in [4.78, 5) is 13.0. The first-order valence-electron chi connectivity index (χ1n) is 6.02. The van der Waals surface area contributed by atoms with Crippen LogP contribution in [0.3, 0.4) is 0 Å². The third-order valence-electron chi connectivity index (χ3n) is 3.57. The van der Waals surface area contributed by atoms with Gasteiger partial charge in [-0.2, -0.15) is 0 Å². The van der Waals surface area contributed by atoms with E-state index in [2.05, 4.69) is 0 Å². The lowest BCUT2D eigenvalue weighted by molar-refractivity contribution is -0.111. The van der Waals surface area contributed by atoms with Crippen LogP contribution in [0.1, 0.15) is 12.5 Å². The van der Waals surface area contributed by atoms with Crippen molar-refractivity contribution in [3.05, 3.63) is 58.3 Å². The average Bonchev–Trinajstić information content (AvgIpc) is 3.11. The highest BCUT2D eigenvalue weighted by atomic mass is 35.5. The first kappa shape index (κ1) is 12.2. The Morgan fingerprint density at radius 3 is 2.85 bits per heavy atom. The molecule has 1 N–H and O–H groups in total. The molecular weight excluding hydrogens is 298 g/mol. The fourth-order valence-electron chi connectivity index (χ4n) is 2.62. The zero-order valence-corrected chi connectivity index (χ0v) is 12.0. The lowest BCUT2D eigenvalue weighted by Crippen LogP contribution is -2.13. The number of carbonyl (C=O) groups excluding carboxylic acids is 1. The van der Waals surface area contributed by atoms with E-state index in [0.29, 0.717) is 21.2 Å². The largest absolute Gasteiger partial charge is 0.289 e. The van der Waals surface area contributed by atoms with Crippen LogP contribution in [0.2, 0.25) is 0 Å². The van der Waals surface area contributed by atoms with E-state index in [0.717, 1.165) is 11.1 Å². The van der Waals surface area contributed by atoms with Gasteiger partial charge in [-0.25, -0.2) is 0 Å². The number of hydrogen-bond acceptors (Lipinski definition) is 4. The number of ketones is 1. The Labute approximate surface area is 122 Å². The fourth-order valence-corrected chi connectivity index (χ4v) is 4.67. The lowest BCUT2D eigenvalue weighted by atomic mass is 9.93. The molecule has 20 heavy (non-hydrogen) atoms. The smallest absolute Gasteiger partial charge is 0.189 e. The lowest BCUT2D eigenvalue weighted by Gasteiger charge is -2.14. The van der Waals surface area contributed by atoms with E-state index in [1.165, 1.54) is 10.5 Å². The van der Waals surface area contributed by atoms with Gasteiger partial charge in [-0.05, 0) is 35.4 Å². The molecule has 0 radical (unpaired) electrons. The number of fused-ring (bicyclic) bond motifs is 5. The summed E-state index contributed by atoms with van der Waals surface area (Å²) in [5.41, 5.74) is 2.73. The summed E-state index contributed by atoms with van der Waals surface area (Å²) in [6.45, 7) is 1.88. The van der Waals surface area contributed by atoms with E-state index in [1.54, 1.807) is 6.08 Å². The number of halogens is 1. The molecule has 3 aliphatic rings. The molecule has 0 saturated carbocycles. The molecule has 0 spiro atoms. The van der Waals surface area contributed by atoms with Crippen LogP contribution < -0.4 is 0 Å². The van der Waals surface area contributed by atoms with Crippen molar-refractivity contribution in [1.82, 2.24) is 4.47 Å². The van der Waals surface area contributed by atoms with E-state index < -0.39 is 10.8 Å². The van der Waals surface area contributed by atoms with E-state index in [1.807, 2.05) is 31.2 Å². The first-order chi connectivity index (χ1) is 9.52. The number of hydroxylamine groups is 1. The Bertz CT molecular complexity index is 767. The second-order valence-electron chi connectivity index (χ2n) is 4.75. The van der Waals surface area contributed by atoms with Crippen LogP contribution >= 0.6 is 22.4 Å². The van der Waals surface area contributed by atoms with Crippen LogP contribution in [0, 0.1) is 0 Å². The minimum Gasteiger partial charge on any atom is -0.289 e. The quantitative estimate of drug-likeness (QED) is 0.741. The van der Waals surface area contributed by atoms with Gasteiger partial charge in [-0.3, -0.25) is 9.35 Å². The molecule has 1 aromatic carbocycles. The Balaban J connectivity index is 2.06. The molecule has 1 fully saturated rings. The van der Waals surface area contributed by atoms with Gasteiger partial charge in [0.2, 0.25) is 0 Å². The standard InChI is InChI=1S/C14H10ClNO3S/c1-8-10-4-2-3-5-13(10)20(18)16(19-20)11-6-9(15)7-12(17)14(8)11/h2-7,18H,1H3. The molecule has 2 aliphatic heterocycles. The number of carbonyl (C=O) groups is 1. The van der Waals surface area contributed by atoms with Crippen molar-refractivity contribution in [2.24, 2.45) is 0 Å². The van der Waals surface area contributed by atoms with Crippen molar-refractivity contribution in [3.63, 3.8) is 0 Å². The number of allylic oxidation sites excluding steroid dienone is 5. The van der Waals surface area contributed by atoms with Crippen LogP contribution in [0.25, 0.3) is 5.57 Å². The van der Waals surface area contributed by atoms with Gasteiger partial charge in [0.05, 0.1) is 10.5 Å². The molecule has 1 saturated heterocycles. The van der Waals surface area contributed by atoms with Gasteiger partial charge in [0.1, 0.15) is 5.70 Å². The van der Waals surface area contributed by atoms with Gasteiger partial charge in [0.25, 0.3) is 0 Å². The second kappa shape index (κ2) is 3.77. The average molecular weight is 308 g/mol. The highest BCUT2D eigenvalue weighted by molar-refractivity contribution is 8.27. The van der Waals surface area contributed by atoms with Crippen LogP contribution in [0.4, 0.5) is 0 Å². The van der Waals surface area contributed by atoms with Gasteiger partial charge in [0.15, 0.2) is 5.78 Å². The van der Waals surface area contributed by atoms with Crippen molar-refractivity contribution in [1.29, 1.82) is 0 Å². The minimum atomic E-state index is -2.48. The van der Waals surface area contributed by atoms with E-state index in [9.17, 15) is 9.35 Å². The third-order valence-corrected chi connectivity index (χ3v) is 5.67. The van der Waals surface area contributed by atoms with Gasteiger partial charge in [0, 0.05) is 16.7 Å². The van der Waals surface area contributed by atoms with Gasteiger partial charge < -0.3 is 0 Å². The van der Waals surface area contributed by atoms with Gasteiger partial charge in [-0.15, -0.1) is 8.75 Å². The highest BCUT2D eigenvalue weighted by Gasteiger charge is 2.54. The van der Waals surface area contributed by atoms with Crippen molar-refractivity contribution in [2.75, 3.05) is 0 Å². The number of benzene rings is 1. The maximum absolute atomic E-state index is 12.3. The predicted octanol–water partition coefficient (Wildman–Crippen LogP) is 3.78. The molecule has 1 atom stereocenters. The highest BCUT2D eigenvalue weighted by Crippen LogP contribution is 2.75. The van der Waals surface area contributed by atoms with Crippen LogP contribution in [-0.4, -0.2) is 14.8 Å². The molecule has 6 heteroatoms. The maximum Gasteiger partial charge on any atom is 0.189 e. The van der Waals surface area contributed by atoms with Crippen LogP contribution in [-0.2, 0) is 9.08 Å². The minimum absolute atomic E-state index is 0.168. The number of rotatable bonds is 0. The van der Waals surface area contributed by atoms with Gasteiger partial charge in [-0.1, -0.05) is 29.8 Å². The molecule has 2 heterocycles. The molecule has 4 nitrogen and oxygen atoms in total. The summed E-state index contributed by atoms with van der Waals surface area (Å²) >= 11 is 5.96. The molecule has 1 unspecified atom stereocenters. The molecule has 102 valence electrons. The van der Waals surface area contributed by atoms with Crippen LogP contribution in [0.5, 0.6) is 0 Å². The summed E-state index contributed by atoms with van der Waals surface area (Å²) < 4.78 is 17.5. The SMILES string of the molecule is CC1=C2C(=O)C=C(Cl)C=C2N2OS2(O)c2ccccc21. The van der Waals surface area contributed by atoms with Crippen LogP contribution in [0.15, 0.2) is 57.6 Å². The summed E-state index contributed by atoms with van der Waals surface area (Å²) in [6.07, 6.45) is 3.04. The molecule has 1 aliphatic carbocycles. The molecule has 1 aromatic rings. The van der Waals surface area contributed by atoms with E-state index in [4.69, 9.17) is 15.9 Å². The summed E-state index contributed by atoms with van der Waals surface area (Å²) in [5, 5.41) is 0.338. The van der Waals surface area contributed by atoms with E-state index >= 15 is 0 Å². The summed E-state index contributed by atoms with van der Waals surface area (Å²) in [6, 6.07) is 7.44. The molecule has 0 aromatic heterocycles. The van der Waals surface area contributed by atoms with Gasteiger partial charge >= 0.3 is 0 Å². The Kier molecular flexibility index (Phi) is 2.30. The summed E-state index contributed by atoms with van der Waals surface area (Å²) in [7, 11) is -2.48. The topological polar surface area (TPSA) is 52.8 Å². The Morgan fingerprint density at radius 1 is 1.30 bits per heavy atom. The maximum atomic E-state index is 12.3. The fraction of sp³-hybridized carbons (Fsp3) is 0.0714. The predicted molar refractivity (Wildman–Crippen MR) is 77.5 cm³/mol. The zero-order chi connectivity index (χ0) is 14.1. The molecule has 0 amide bonds. The van der Waals surface area contributed by atoms with E-state index in [-0.39, 0.29) is 5.78 Å². The summed E-state index contributed by atoms with van der Waals surface area (Å²) in [5.74, 6) is -0.168. The third kappa shape index (κ3) is 1.43. The molecule has 4 rings (SSSR count). The molecule has 0 bridgehead atoms. The first-order valence-corrected chi connectivity index (χ1v) is 7.87. The Hall–Kier alpha value is -1.53. The monoisotopic (exact) mass is 307 g/mol. The number of nitrogens with zero attached hydrogens (tertiary/aromatic N) is 1. The van der Waals surface area contributed by atoms with Crippen molar-refractivity contribution in [3.8, 4) is 0 Å². The zero-order valence-electron chi connectivity index (χ0n) is 10.5. The second-order valence-corrected chi connectivity index (χ2v) is 7.10. The number of hydrogen-bond donors (Lipinski definition) is 1. The Morgan fingerprint density at radius 2 is 2.05 bits per heavy atom. The van der Waals surface area contributed by atoms with Crippen molar-refractivity contribution < 1.29 is 13.6 Å². The van der Waals surface area contributed by atoms with Crippen molar-refractivity contribution in [2.45, 2.75) is 11.8 Å². The van der Waals surface area contributed by atoms with Crippen molar-refractivity contribution >= 4 is 33.7 Å². The molecular formula is C14H10ClNO3S. The normalized spacial score (nSPS) is 30.4.